The number of rotatable bonds is 8. The monoisotopic (exact) mass is 472 g/mol. The number of fused-ring (bicyclic) bond motifs is 1. The molecule has 3 fully saturated rings. The number of aliphatic hydroxyl groups excluding tert-OH is 1. The molecule has 0 radical (unpaired) electrons. The number of aliphatic hydroxyl groups is 1. The molecule has 178 valence electrons. The van der Waals surface area contributed by atoms with Crippen LogP contribution in [0.2, 0.25) is 0 Å². The fourth-order valence-corrected chi connectivity index (χ4v) is 8.08. The molecule has 0 aliphatic carbocycles. The topological polar surface area (TPSA) is 87.2 Å². The molecule has 2 bridgehead atoms. The van der Waals surface area contributed by atoms with Crippen molar-refractivity contribution in [3.8, 4) is 0 Å². The number of likely N-dealkylation sites (tertiary alicyclic amines) is 1. The van der Waals surface area contributed by atoms with Gasteiger partial charge in [0.15, 0.2) is 0 Å². The molecule has 0 aromatic heterocycles. The molecule has 2 unspecified atom stereocenters. The van der Waals surface area contributed by atoms with Crippen LogP contribution in [0.15, 0.2) is 30.9 Å². The molecule has 3 aliphatic rings. The van der Waals surface area contributed by atoms with Gasteiger partial charge in [-0.25, -0.2) is 0 Å². The molecule has 5 atom stereocenters. The summed E-state index contributed by atoms with van der Waals surface area (Å²) >= 11 is 1.60. The summed E-state index contributed by atoms with van der Waals surface area (Å²) in [4.78, 5) is 43.9. The van der Waals surface area contributed by atoms with Gasteiger partial charge in [-0.1, -0.05) is 18.2 Å². The maximum atomic E-state index is 14.2. The molecule has 3 heterocycles. The first-order chi connectivity index (χ1) is 15.8. The molecule has 33 heavy (non-hydrogen) atoms. The highest BCUT2D eigenvalue weighted by Crippen LogP contribution is 2.66. The van der Waals surface area contributed by atoms with E-state index in [-0.39, 0.29) is 42.8 Å². The summed E-state index contributed by atoms with van der Waals surface area (Å²) < 4.78 is 4.63. The smallest absolute Gasteiger partial charge is 0.310 e. The number of aryl methyl sites for hydroxylation is 2. The maximum absolute atomic E-state index is 14.2. The Bertz CT molecular complexity index is 982. The van der Waals surface area contributed by atoms with E-state index in [4.69, 9.17) is 4.74 Å². The molecule has 8 heteroatoms. The lowest BCUT2D eigenvalue weighted by Crippen LogP contribution is -2.55. The number of hydrogen-bond acceptors (Lipinski definition) is 6. The van der Waals surface area contributed by atoms with E-state index in [0.29, 0.717) is 13.0 Å². The minimum Gasteiger partial charge on any atom is -0.466 e. The second-order valence-electron chi connectivity index (χ2n) is 9.09. The third kappa shape index (κ3) is 3.67. The number of hydrogen-bond donors (Lipinski definition) is 1. The van der Waals surface area contributed by atoms with Crippen molar-refractivity contribution in [1.82, 2.24) is 4.90 Å². The minimum absolute atomic E-state index is 0.0295. The fourth-order valence-electron chi connectivity index (χ4n) is 5.88. The number of anilines is 1. The summed E-state index contributed by atoms with van der Waals surface area (Å²) in [5, 5.41) is 9.71. The fraction of sp³-hybridized carbons (Fsp3) is 0.560. The van der Waals surface area contributed by atoms with Crippen molar-refractivity contribution in [2.75, 3.05) is 31.2 Å². The lowest BCUT2D eigenvalue weighted by Gasteiger charge is -2.37. The maximum Gasteiger partial charge on any atom is 0.310 e. The summed E-state index contributed by atoms with van der Waals surface area (Å²) in [7, 11) is 0. The molecule has 7 nitrogen and oxygen atoms in total. The molecule has 3 aliphatic heterocycles. The first-order valence-corrected chi connectivity index (χ1v) is 12.4. The number of benzene rings is 1. The first kappa shape index (κ1) is 23.8. The predicted molar refractivity (Wildman–Crippen MR) is 128 cm³/mol. The van der Waals surface area contributed by atoms with Gasteiger partial charge in [0.05, 0.1) is 29.8 Å². The van der Waals surface area contributed by atoms with E-state index >= 15 is 0 Å². The predicted octanol–water partition coefficient (Wildman–Crippen LogP) is 2.47. The third-order valence-electron chi connectivity index (χ3n) is 7.17. The second kappa shape index (κ2) is 9.14. The van der Waals surface area contributed by atoms with Gasteiger partial charge >= 0.3 is 5.97 Å². The van der Waals surface area contributed by atoms with Gasteiger partial charge in [0.2, 0.25) is 5.91 Å². The van der Waals surface area contributed by atoms with Gasteiger partial charge in [-0.2, -0.15) is 0 Å². The molecule has 1 aromatic carbocycles. The summed E-state index contributed by atoms with van der Waals surface area (Å²) in [5.74, 6) is -1.93. The zero-order valence-corrected chi connectivity index (χ0v) is 20.3. The Morgan fingerprint density at radius 2 is 2.15 bits per heavy atom. The van der Waals surface area contributed by atoms with Crippen LogP contribution in [0.5, 0.6) is 0 Å². The van der Waals surface area contributed by atoms with Crippen molar-refractivity contribution in [2.45, 2.75) is 49.7 Å². The average Bonchev–Trinajstić information content (AvgIpc) is 3.42. The van der Waals surface area contributed by atoms with Crippen LogP contribution in [-0.4, -0.2) is 70.1 Å². The van der Waals surface area contributed by atoms with E-state index in [0.717, 1.165) is 23.2 Å². The van der Waals surface area contributed by atoms with Crippen molar-refractivity contribution >= 4 is 35.2 Å². The minimum atomic E-state index is -0.753. The second-order valence-corrected chi connectivity index (χ2v) is 10.7. The number of carbonyl (C=O) groups is 3. The number of esters is 1. The van der Waals surface area contributed by atoms with Gasteiger partial charge < -0.3 is 19.6 Å². The summed E-state index contributed by atoms with van der Waals surface area (Å²) in [6, 6.07) is 5.20. The van der Waals surface area contributed by atoms with E-state index in [2.05, 4.69) is 6.58 Å². The van der Waals surface area contributed by atoms with Crippen LogP contribution in [0.4, 0.5) is 5.69 Å². The highest BCUT2D eigenvalue weighted by molar-refractivity contribution is 8.02. The summed E-state index contributed by atoms with van der Waals surface area (Å²) in [6.07, 6.45) is 3.13. The van der Waals surface area contributed by atoms with Crippen molar-refractivity contribution in [2.24, 2.45) is 11.8 Å². The van der Waals surface area contributed by atoms with Crippen LogP contribution in [0.1, 0.15) is 30.9 Å². The highest BCUT2D eigenvalue weighted by atomic mass is 32.2. The Morgan fingerprint density at radius 1 is 1.39 bits per heavy atom. The summed E-state index contributed by atoms with van der Waals surface area (Å²) in [6.45, 7) is 9.90. The van der Waals surface area contributed by atoms with Crippen LogP contribution >= 0.6 is 11.8 Å². The lowest BCUT2D eigenvalue weighted by molar-refractivity contribution is -0.153. The average molecular weight is 473 g/mol. The number of carbonyl (C=O) groups excluding carboxylic acids is 3. The van der Waals surface area contributed by atoms with Crippen LogP contribution < -0.4 is 4.90 Å². The van der Waals surface area contributed by atoms with E-state index in [1.165, 1.54) is 4.90 Å². The van der Waals surface area contributed by atoms with Gasteiger partial charge in [0.25, 0.3) is 5.91 Å². The summed E-state index contributed by atoms with van der Waals surface area (Å²) in [5.41, 5.74) is 2.77. The lowest BCUT2D eigenvalue weighted by atomic mass is 9.71. The van der Waals surface area contributed by atoms with Gasteiger partial charge in [-0.15, -0.1) is 18.3 Å². The largest absolute Gasteiger partial charge is 0.466 e. The van der Waals surface area contributed by atoms with Crippen molar-refractivity contribution in [1.29, 1.82) is 0 Å². The van der Waals surface area contributed by atoms with Gasteiger partial charge in [0.1, 0.15) is 6.04 Å². The van der Waals surface area contributed by atoms with Crippen molar-refractivity contribution in [3.63, 3.8) is 0 Å². The van der Waals surface area contributed by atoms with Crippen LogP contribution in [0, 0.1) is 25.7 Å². The Hall–Kier alpha value is -2.32. The Kier molecular flexibility index (Phi) is 6.60. The standard InChI is InChI=1S/C25H32N2O5S/c1-5-11-26(17-14-15(3)7-8-16(17)4)23(30)21-25-10-9-18(33-25)19(24(31)32-6-2)20(25)22(29)27(21)12-13-28/h5,7-8,14,18-21,28H,1,6,9-13H2,2-4H3/t18-,19+,20-,21?,25?/m0/s1. The van der Waals surface area contributed by atoms with Crippen LogP contribution in [0.3, 0.4) is 0 Å². The Morgan fingerprint density at radius 3 is 2.82 bits per heavy atom. The number of nitrogens with zero attached hydrogens (tertiary/aromatic N) is 2. The van der Waals surface area contributed by atoms with Crippen LogP contribution in [0.25, 0.3) is 0 Å². The Labute approximate surface area is 199 Å². The molecule has 1 spiro atoms. The third-order valence-corrected chi connectivity index (χ3v) is 9.12. The molecule has 3 saturated heterocycles. The van der Waals surface area contributed by atoms with E-state index in [9.17, 15) is 19.5 Å². The van der Waals surface area contributed by atoms with E-state index < -0.39 is 22.6 Å². The van der Waals surface area contributed by atoms with Gasteiger partial charge in [-0.3, -0.25) is 14.4 Å². The quantitative estimate of drug-likeness (QED) is 0.462. The van der Waals surface area contributed by atoms with E-state index in [1.54, 1.807) is 29.7 Å². The highest BCUT2D eigenvalue weighted by Gasteiger charge is 2.74. The Balaban J connectivity index is 1.78. The zero-order chi connectivity index (χ0) is 23.9. The normalized spacial score (nSPS) is 29.8. The van der Waals surface area contributed by atoms with Gasteiger partial charge in [0, 0.05) is 24.0 Å². The molecule has 1 aromatic rings. The molecule has 4 rings (SSSR count). The number of β-amino-alcohol motifs (C(OH)–C–C–N with tert-alkyl or cyclic N) is 1. The molecule has 2 amide bonds. The van der Waals surface area contributed by atoms with Crippen molar-refractivity contribution in [3.05, 3.63) is 42.0 Å². The molecular weight excluding hydrogens is 440 g/mol. The molecule has 1 N–H and O–H groups in total. The van der Waals surface area contributed by atoms with Crippen molar-refractivity contribution < 1.29 is 24.2 Å². The van der Waals surface area contributed by atoms with E-state index in [1.807, 2.05) is 32.0 Å². The molecule has 0 saturated carbocycles. The number of thioether (sulfide) groups is 1. The first-order valence-electron chi connectivity index (χ1n) is 11.6. The zero-order valence-electron chi connectivity index (χ0n) is 19.5. The number of ether oxygens (including phenoxy) is 1. The number of amides is 2. The molecular formula is C25H32N2O5S. The SMILES string of the molecule is C=CCN(C(=O)C1N(CCO)C(=O)[C@@H]2[C@H](C(=O)OCC)[C@@H]3CCC12S3)c1cc(C)ccc1C. The van der Waals surface area contributed by atoms with Crippen LogP contribution in [-0.2, 0) is 19.1 Å². The van der Waals surface area contributed by atoms with Gasteiger partial charge in [-0.05, 0) is 50.8 Å².